The number of sulfonamides is 1. The van der Waals surface area contributed by atoms with Gasteiger partial charge in [0.1, 0.15) is 0 Å². The minimum Gasteiger partial charge on any atom is -0.317 e. The third kappa shape index (κ3) is 4.28. The molecule has 3 fully saturated rings. The van der Waals surface area contributed by atoms with Gasteiger partial charge in [-0.15, -0.1) is 0 Å². The molecule has 1 saturated heterocycles. The summed E-state index contributed by atoms with van der Waals surface area (Å²) in [6, 6.07) is 7.22. The lowest BCUT2D eigenvalue weighted by atomic mass is 9.97. The number of benzene rings is 1. The van der Waals surface area contributed by atoms with Crippen molar-refractivity contribution in [3.8, 4) is 0 Å². The first-order valence-electron chi connectivity index (χ1n) is 12.2. The molecule has 2 saturated carbocycles. The van der Waals surface area contributed by atoms with Gasteiger partial charge in [-0.05, 0) is 87.7 Å². The van der Waals surface area contributed by atoms with Crippen LogP contribution in [0.1, 0.15) is 74.8 Å². The van der Waals surface area contributed by atoms with Crippen molar-refractivity contribution in [3.05, 3.63) is 29.3 Å². The molecule has 30 heavy (non-hydrogen) atoms. The minimum absolute atomic E-state index is 0.177. The Bertz CT molecular complexity index is 844. The number of fused-ring (bicyclic) bond motifs is 1. The van der Waals surface area contributed by atoms with E-state index in [-0.39, 0.29) is 5.25 Å². The molecule has 2 N–H and O–H groups in total. The summed E-state index contributed by atoms with van der Waals surface area (Å²) >= 11 is 0. The molecule has 0 bridgehead atoms. The first-order chi connectivity index (χ1) is 14.6. The van der Waals surface area contributed by atoms with Crippen molar-refractivity contribution in [1.82, 2.24) is 10.6 Å². The standard InChI is InChI=1S/C24H37N3O2S/c28-30(29,21-6-2-1-3-7-21)27-14-4-5-20-15-19(8-9-24(20)27)22-16-23(22)26-17-18-10-12-25-13-11-18/h8-9,15,18,21-23,25-26H,1-7,10-14,16-17H2/t22-,23+/m0/s1. The summed E-state index contributed by atoms with van der Waals surface area (Å²) in [5.41, 5.74) is 3.59. The van der Waals surface area contributed by atoms with Crippen LogP contribution < -0.4 is 14.9 Å². The van der Waals surface area contributed by atoms with E-state index in [4.69, 9.17) is 0 Å². The fourth-order valence-corrected chi connectivity index (χ4v) is 7.94. The molecule has 2 heterocycles. The fourth-order valence-electron chi connectivity index (χ4n) is 5.81. The predicted molar refractivity (Wildman–Crippen MR) is 123 cm³/mol. The van der Waals surface area contributed by atoms with Gasteiger partial charge in [0.25, 0.3) is 0 Å². The van der Waals surface area contributed by atoms with Gasteiger partial charge in [0.15, 0.2) is 0 Å². The van der Waals surface area contributed by atoms with Crippen LogP contribution >= 0.6 is 0 Å². The van der Waals surface area contributed by atoms with Crippen LogP contribution in [0.5, 0.6) is 0 Å². The number of aryl methyl sites for hydroxylation is 1. The van der Waals surface area contributed by atoms with Crippen LogP contribution in [0.4, 0.5) is 5.69 Å². The van der Waals surface area contributed by atoms with E-state index >= 15 is 0 Å². The smallest absolute Gasteiger partial charge is 0.238 e. The van der Waals surface area contributed by atoms with Crippen LogP contribution in [0.15, 0.2) is 18.2 Å². The SMILES string of the molecule is O=S(=O)(C1CCCCC1)N1CCCc2cc([C@@H]3C[C@H]3NCC3CCNCC3)ccc21. The number of nitrogens with one attached hydrogen (secondary N) is 2. The Kier molecular flexibility index (Phi) is 6.09. The van der Waals surface area contributed by atoms with Gasteiger partial charge >= 0.3 is 0 Å². The Hall–Kier alpha value is -1.11. The quantitative estimate of drug-likeness (QED) is 0.723. The van der Waals surface area contributed by atoms with Crippen LogP contribution in [0.2, 0.25) is 0 Å². The zero-order chi connectivity index (χ0) is 20.6. The maximum atomic E-state index is 13.3. The molecule has 166 valence electrons. The summed E-state index contributed by atoms with van der Waals surface area (Å²) in [6.07, 6.45) is 10.7. The van der Waals surface area contributed by atoms with Crippen molar-refractivity contribution in [2.24, 2.45) is 5.92 Å². The Labute approximate surface area is 182 Å². The first kappa shape index (κ1) is 20.8. The van der Waals surface area contributed by atoms with Crippen LogP contribution in [0.3, 0.4) is 0 Å². The van der Waals surface area contributed by atoms with Gasteiger partial charge in [-0.2, -0.15) is 0 Å². The van der Waals surface area contributed by atoms with E-state index in [9.17, 15) is 8.42 Å². The number of piperidine rings is 1. The van der Waals surface area contributed by atoms with Gasteiger partial charge in [-0.1, -0.05) is 31.4 Å². The average molecular weight is 432 g/mol. The average Bonchev–Trinajstić information content (AvgIpc) is 3.58. The number of hydrogen-bond acceptors (Lipinski definition) is 4. The molecule has 1 aromatic rings. The molecule has 5 nitrogen and oxygen atoms in total. The molecular weight excluding hydrogens is 394 g/mol. The van der Waals surface area contributed by atoms with E-state index in [1.165, 1.54) is 36.8 Å². The largest absolute Gasteiger partial charge is 0.317 e. The number of anilines is 1. The molecule has 2 aliphatic carbocycles. The minimum atomic E-state index is -3.23. The van der Waals surface area contributed by atoms with Crippen LogP contribution in [-0.2, 0) is 16.4 Å². The highest BCUT2D eigenvalue weighted by atomic mass is 32.2. The zero-order valence-electron chi connectivity index (χ0n) is 18.1. The maximum absolute atomic E-state index is 13.3. The number of nitrogens with zero attached hydrogens (tertiary/aromatic N) is 1. The second-order valence-corrected chi connectivity index (χ2v) is 12.1. The van der Waals surface area contributed by atoms with E-state index in [0.717, 1.165) is 69.8 Å². The zero-order valence-corrected chi connectivity index (χ0v) is 18.9. The summed E-state index contributed by atoms with van der Waals surface area (Å²) in [4.78, 5) is 0. The summed E-state index contributed by atoms with van der Waals surface area (Å²) in [7, 11) is -3.23. The van der Waals surface area contributed by atoms with E-state index in [1.54, 1.807) is 4.31 Å². The Morgan fingerprint density at radius 3 is 2.63 bits per heavy atom. The van der Waals surface area contributed by atoms with E-state index in [2.05, 4.69) is 28.8 Å². The Morgan fingerprint density at radius 2 is 1.83 bits per heavy atom. The van der Waals surface area contributed by atoms with Gasteiger partial charge < -0.3 is 10.6 Å². The molecule has 2 atom stereocenters. The van der Waals surface area contributed by atoms with Crippen LogP contribution in [0, 0.1) is 5.92 Å². The Balaban J connectivity index is 1.25. The molecule has 6 heteroatoms. The lowest BCUT2D eigenvalue weighted by Gasteiger charge is -2.35. The summed E-state index contributed by atoms with van der Waals surface area (Å²) in [5.74, 6) is 1.41. The highest BCUT2D eigenvalue weighted by molar-refractivity contribution is 7.93. The van der Waals surface area contributed by atoms with Crippen molar-refractivity contribution in [1.29, 1.82) is 0 Å². The van der Waals surface area contributed by atoms with E-state index in [0.29, 0.717) is 18.5 Å². The highest BCUT2D eigenvalue weighted by Gasteiger charge is 2.40. The maximum Gasteiger partial charge on any atom is 0.238 e. The van der Waals surface area contributed by atoms with Crippen molar-refractivity contribution in [3.63, 3.8) is 0 Å². The van der Waals surface area contributed by atoms with Gasteiger partial charge in [0, 0.05) is 18.5 Å². The van der Waals surface area contributed by atoms with Crippen molar-refractivity contribution in [2.45, 2.75) is 81.4 Å². The highest BCUT2D eigenvalue weighted by Crippen LogP contribution is 2.43. The molecule has 1 aromatic carbocycles. The summed E-state index contributed by atoms with van der Waals surface area (Å²) in [6.45, 7) is 4.10. The molecule has 5 rings (SSSR count). The number of hydrogen-bond donors (Lipinski definition) is 2. The van der Waals surface area contributed by atoms with E-state index < -0.39 is 10.0 Å². The molecule has 2 aliphatic heterocycles. The van der Waals surface area contributed by atoms with Gasteiger partial charge in [-0.25, -0.2) is 8.42 Å². The molecule has 0 aromatic heterocycles. The molecule has 4 aliphatic rings. The van der Waals surface area contributed by atoms with Gasteiger partial charge in [-0.3, -0.25) is 4.31 Å². The molecular formula is C24H37N3O2S. The van der Waals surface area contributed by atoms with Gasteiger partial charge in [0.2, 0.25) is 10.0 Å². The first-order valence-corrected chi connectivity index (χ1v) is 13.7. The van der Waals surface area contributed by atoms with Crippen LogP contribution in [0.25, 0.3) is 0 Å². The molecule has 0 spiro atoms. The topological polar surface area (TPSA) is 61.4 Å². The summed E-state index contributed by atoms with van der Waals surface area (Å²) in [5, 5.41) is 7.06. The second kappa shape index (κ2) is 8.79. The third-order valence-electron chi connectivity index (χ3n) is 7.81. The van der Waals surface area contributed by atoms with E-state index in [1.807, 2.05) is 0 Å². The second-order valence-electron chi connectivity index (χ2n) is 9.92. The van der Waals surface area contributed by atoms with Crippen molar-refractivity contribution in [2.75, 3.05) is 30.5 Å². The molecule has 0 amide bonds. The fraction of sp³-hybridized carbons (Fsp3) is 0.750. The van der Waals surface area contributed by atoms with Gasteiger partial charge in [0.05, 0.1) is 10.9 Å². The lowest BCUT2D eigenvalue weighted by molar-refractivity contribution is 0.355. The number of rotatable bonds is 6. The lowest BCUT2D eigenvalue weighted by Crippen LogP contribution is -2.42. The molecule has 0 radical (unpaired) electrons. The third-order valence-corrected chi connectivity index (χ3v) is 10.1. The normalized spacial score (nSPS) is 28.3. The predicted octanol–water partition coefficient (Wildman–Crippen LogP) is 3.55. The monoisotopic (exact) mass is 431 g/mol. The molecule has 0 unspecified atom stereocenters. The van der Waals surface area contributed by atoms with Crippen molar-refractivity contribution < 1.29 is 8.42 Å². The van der Waals surface area contributed by atoms with Crippen LogP contribution in [-0.4, -0.2) is 45.9 Å². The Morgan fingerprint density at radius 1 is 1.03 bits per heavy atom. The van der Waals surface area contributed by atoms with Crippen molar-refractivity contribution >= 4 is 15.7 Å². The summed E-state index contributed by atoms with van der Waals surface area (Å²) < 4.78 is 28.4.